The first-order valence-electron chi connectivity index (χ1n) is 11.6. The highest BCUT2D eigenvalue weighted by Crippen LogP contribution is 2.44. The number of H-pyrrole nitrogens is 1. The average Bonchev–Trinajstić information content (AvgIpc) is 3.48. The van der Waals surface area contributed by atoms with Gasteiger partial charge in [-0.2, -0.15) is 0 Å². The second-order valence-electron chi connectivity index (χ2n) is 8.49. The minimum absolute atomic E-state index is 0.0465. The molecule has 0 saturated carbocycles. The van der Waals surface area contributed by atoms with E-state index in [1.54, 1.807) is 0 Å². The number of carboxylic acid groups (broad SMARTS) is 1. The Labute approximate surface area is 202 Å². The molecule has 0 spiro atoms. The van der Waals surface area contributed by atoms with Crippen LogP contribution >= 0.6 is 0 Å². The predicted molar refractivity (Wildman–Crippen MR) is 129 cm³/mol. The van der Waals surface area contributed by atoms with Crippen LogP contribution in [0.25, 0.3) is 11.1 Å². The molecule has 1 heterocycles. The molecule has 2 atom stereocenters. The first kappa shape index (κ1) is 24.0. The minimum Gasteiger partial charge on any atom is -0.480 e. The number of amides is 2. The lowest BCUT2D eigenvalue weighted by molar-refractivity contribution is -0.142. The van der Waals surface area contributed by atoms with Gasteiger partial charge in [0.15, 0.2) is 0 Å². The smallest absolute Gasteiger partial charge is 0.407 e. The van der Waals surface area contributed by atoms with Crippen LogP contribution in [0.4, 0.5) is 4.79 Å². The monoisotopic (exact) mass is 476 g/mol. The van der Waals surface area contributed by atoms with E-state index in [1.165, 1.54) is 12.5 Å². The van der Waals surface area contributed by atoms with Gasteiger partial charge in [0.2, 0.25) is 5.91 Å². The van der Waals surface area contributed by atoms with Gasteiger partial charge in [-0.15, -0.1) is 0 Å². The topological polar surface area (TPSA) is 133 Å². The summed E-state index contributed by atoms with van der Waals surface area (Å²) in [6, 6.07) is 14.0. The molecular formula is C26H28N4O5. The van der Waals surface area contributed by atoms with Crippen molar-refractivity contribution in [3.8, 4) is 11.1 Å². The molecule has 2 aromatic carbocycles. The number of nitrogens with zero attached hydrogens (tertiary/aromatic N) is 1. The Balaban J connectivity index is 1.38. The standard InChI is InChI=1S/C26H28N4O5/c1-2-7-22(24(31)29-23(25(32)33)12-16-13-27-15-28-16)30-26(34)35-14-21-19-10-5-3-8-17(19)18-9-4-6-11-20(18)21/h3-6,8-11,13,15,21-23H,2,7,12,14H2,1H3,(H,27,28)(H,29,31)(H,30,34)(H,32,33)/t22-,23?/m1/s1. The van der Waals surface area contributed by atoms with Crippen LogP contribution in [0.3, 0.4) is 0 Å². The molecule has 1 aromatic heterocycles. The molecule has 35 heavy (non-hydrogen) atoms. The van der Waals surface area contributed by atoms with Crippen molar-refractivity contribution in [2.45, 2.75) is 44.2 Å². The van der Waals surface area contributed by atoms with Crippen molar-refractivity contribution in [1.29, 1.82) is 0 Å². The molecule has 0 radical (unpaired) electrons. The highest BCUT2D eigenvalue weighted by atomic mass is 16.5. The summed E-state index contributed by atoms with van der Waals surface area (Å²) in [6.45, 7) is 2.00. The maximum absolute atomic E-state index is 12.8. The quantitative estimate of drug-likeness (QED) is 0.355. The van der Waals surface area contributed by atoms with Gasteiger partial charge < -0.3 is 25.5 Å². The lowest BCUT2D eigenvalue weighted by Gasteiger charge is -2.21. The molecule has 2 amide bonds. The largest absolute Gasteiger partial charge is 0.480 e. The SMILES string of the molecule is CCC[C@@H](NC(=O)OCC1c2ccccc2-c2ccccc21)C(=O)NC(Cc1cnc[nH]1)C(=O)O. The predicted octanol–water partition coefficient (Wildman–Crippen LogP) is 3.23. The highest BCUT2D eigenvalue weighted by molar-refractivity contribution is 5.89. The number of nitrogens with one attached hydrogen (secondary N) is 3. The van der Waals surface area contributed by atoms with E-state index < -0.39 is 30.1 Å². The van der Waals surface area contributed by atoms with Gasteiger partial charge in [-0.3, -0.25) is 4.79 Å². The summed E-state index contributed by atoms with van der Waals surface area (Å²) < 4.78 is 5.54. The molecule has 9 nitrogen and oxygen atoms in total. The molecule has 1 aliphatic carbocycles. The van der Waals surface area contributed by atoms with Crippen molar-refractivity contribution in [1.82, 2.24) is 20.6 Å². The van der Waals surface area contributed by atoms with Gasteiger partial charge in [-0.25, -0.2) is 14.6 Å². The molecule has 1 aliphatic rings. The summed E-state index contributed by atoms with van der Waals surface area (Å²) in [6.07, 6.45) is 3.22. The van der Waals surface area contributed by atoms with E-state index in [2.05, 4.69) is 32.7 Å². The van der Waals surface area contributed by atoms with Gasteiger partial charge in [0.25, 0.3) is 0 Å². The molecule has 4 N–H and O–H groups in total. The Hall–Kier alpha value is -4.14. The Morgan fingerprint density at radius 1 is 1.03 bits per heavy atom. The lowest BCUT2D eigenvalue weighted by Crippen LogP contribution is -2.52. The van der Waals surface area contributed by atoms with Gasteiger partial charge in [0, 0.05) is 24.2 Å². The van der Waals surface area contributed by atoms with E-state index in [0.29, 0.717) is 18.5 Å². The van der Waals surface area contributed by atoms with Crippen molar-refractivity contribution in [2.75, 3.05) is 6.61 Å². The zero-order valence-corrected chi connectivity index (χ0v) is 19.4. The van der Waals surface area contributed by atoms with Crippen LogP contribution in [0.2, 0.25) is 0 Å². The van der Waals surface area contributed by atoms with Gasteiger partial charge in [0.05, 0.1) is 6.33 Å². The Morgan fingerprint density at radius 2 is 1.69 bits per heavy atom. The summed E-state index contributed by atoms with van der Waals surface area (Å²) in [7, 11) is 0. The molecule has 0 fully saturated rings. The fourth-order valence-corrected chi connectivity index (χ4v) is 4.43. The van der Waals surface area contributed by atoms with Crippen LogP contribution in [0, 0.1) is 0 Å². The zero-order valence-electron chi connectivity index (χ0n) is 19.4. The van der Waals surface area contributed by atoms with E-state index in [4.69, 9.17) is 4.74 Å². The molecule has 1 unspecified atom stereocenters. The summed E-state index contributed by atoms with van der Waals surface area (Å²) in [4.78, 5) is 43.8. The van der Waals surface area contributed by atoms with Gasteiger partial charge in [-0.05, 0) is 28.7 Å². The second-order valence-corrected chi connectivity index (χ2v) is 8.49. The first-order chi connectivity index (χ1) is 17.0. The summed E-state index contributed by atoms with van der Waals surface area (Å²) in [5.74, 6) is -1.85. The number of ether oxygens (including phenoxy) is 1. The number of rotatable bonds is 10. The molecule has 0 saturated heterocycles. The van der Waals surface area contributed by atoms with E-state index in [0.717, 1.165) is 22.3 Å². The maximum atomic E-state index is 12.8. The normalized spacial score (nSPS) is 13.9. The maximum Gasteiger partial charge on any atom is 0.407 e. The number of aromatic amines is 1. The average molecular weight is 477 g/mol. The summed E-state index contributed by atoms with van der Waals surface area (Å²) in [5, 5.41) is 14.6. The third-order valence-electron chi connectivity index (χ3n) is 6.12. The van der Waals surface area contributed by atoms with Crippen molar-refractivity contribution in [3.63, 3.8) is 0 Å². The minimum atomic E-state index is -1.18. The van der Waals surface area contributed by atoms with E-state index in [9.17, 15) is 19.5 Å². The Morgan fingerprint density at radius 3 is 2.26 bits per heavy atom. The molecule has 3 aromatic rings. The van der Waals surface area contributed by atoms with Crippen molar-refractivity contribution in [3.05, 3.63) is 77.9 Å². The van der Waals surface area contributed by atoms with Gasteiger partial charge >= 0.3 is 12.1 Å². The lowest BCUT2D eigenvalue weighted by atomic mass is 9.98. The van der Waals surface area contributed by atoms with Crippen molar-refractivity contribution < 1.29 is 24.2 Å². The van der Waals surface area contributed by atoms with E-state index in [1.807, 2.05) is 43.3 Å². The van der Waals surface area contributed by atoms with Crippen molar-refractivity contribution >= 4 is 18.0 Å². The number of alkyl carbamates (subject to hydrolysis) is 1. The molecule has 9 heteroatoms. The number of carboxylic acids is 1. The van der Waals surface area contributed by atoms with Gasteiger partial charge in [-0.1, -0.05) is 61.9 Å². The summed E-state index contributed by atoms with van der Waals surface area (Å²) >= 11 is 0. The first-order valence-corrected chi connectivity index (χ1v) is 11.6. The number of carbonyl (C=O) groups is 3. The van der Waals surface area contributed by atoms with Crippen LogP contribution in [-0.2, 0) is 20.7 Å². The zero-order chi connectivity index (χ0) is 24.8. The number of hydrogen-bond acceptors (Lipinski definition) is 5. The van der Waals surface area contributed by atoms with Gasteiger partial charge in [0.1, 0.15) is 18.7 Å². The number of aliphatic carboxylic acids is 1. The number of fused-ring (bicyclic) bond motifs is 3. The highest BCUT2D eigenvalue weighted by Gasteiger charge is 2.30. The molecular weight excluding hydrogens is 448 g/mol. The fraction of sp³-hybridized carbons (Fsp3) is 0.308. The van der Waals surface area contributed by atoms with Crippen LogP contribution in [0.1, 0.15) is 42.5 Å². The number of aromatic nitrogens is 2. The fourth-order valence-electron chi connectivity index (χ4n) is 4.43. The number of carbonyl (C=O) groups excluding carboxylic acids is 2. The molecule has 182 valence electrons. The molecule has 0 aliphatic heterocycles. The Kier molecular flexibility index (Phi) is 7.45. The molecule has 0 bridgehead atoms. The van der Waals surface area contributed by atoms with Crippen LogP contribution in [-0.4, -0.2) is 51.7 Å². The van der Waals surface area contributed by atoms with Crippen LogP contribution < -0.4 is 10.6 Å². The van der Waals surface area contributed by atoms with Crippen LogP contribution in [0.5, 0.6) is 0 Å². The third-order valence-corrected chi connectivity index (χ3v) is 6.12. The van der Waals surface area contributed by atoms with Crippen LogP contribution in [0.15, 0.2) is 61.1 Å². The number of imidazole rings is 1. The summed E-state index contributed by atoms with van der Waals surface area (Å²) in [5.41, 5.74) is 5.00. The van der Waals surface area contributed by atoms with E-state index >= 15 is 0 Å². The van der Waals surface area contributed by atoms with E-state index in [-0.39, 0.29) is 18.9 Å². The third kappa shape index (κ3) is 5.51. The molecule has 4 rings (SSSR count). The number of hydrogen-bond donors (Lipinski definition) is 4. The number of benzene rings is 2. The second kappa shape index (κ2) is 10.9. The Bertz CT molecular complexity index is 1150. The van der Waals surface area contributed by atoms with Crippen molar-refractivity contribution in [2.24, 2.45) is 0 Å².